The summed E-state index contributed by atoms with van der Waals surface area (Å²) in [5, 5.41) is 7.61. The second kappa shape index (κ2) is 4.73. The predicted octanol–water partition coefficient (Wildman–Crippen LogP) is 3.57. The van der Waals surface area contributed by atoms with E-state index in [9.17, 15) is 0 Å². The lowest BCUT2D eigenvalue weighted by molar-refractivity contribution is 0.292. The molecular formula is C18H15BO2. The van der Waals surface area contributed by atoms with E-state index in [-0.39, 0.29) is 7.12 Å². The molecule has 0 atom stereocenters. The summed E-state index contributed by atoms with van der Waals surface area (Å²) in [5.41, 5.74) is 1.07. The molecule has 0 bridgehead atoms. The van der Waals surface area contributed by atoms with Crippen LogP contribution in [0.1, 0.15) is 0 Å². The van der Waals surface area contributed by atoms with E-state index in [4.69, 9.17) is 9.31 Å². The lowest BCUT2D eigenvalue weighted by Crippen LogP contribution is -2.35. The van der Waals surface area contributed by atoms with E-state index in [0.717, 1.165) is 5.46 Å². The van der Waals surface area contributed by atoms with Crippen molar-refractivity contribution in [2.24, 2.45) is 0 Å². The minimum Gasteiger partial charge on any atom is -0.410 e. The van der Waals surface area contributed by atoms with Crippen LogP contribution in [-0.4, -0.2) is 21.3 Å². The molecule has 0 spiro atoms. The van der Waals surface area contributed by atoms with Gasteiger partial charge in [0.1, 0.15) is 0 Å². The van der Waals surface area contributed by atoms with E-state index in [2.05, 4.69) is 54.6 Å². The maximum atomic E-state index is 5.45. The van der Waals surface area contributed by atoms with E-state index in [0.29, 0.717) is 0 Å². The quantitative estimate of drug-likeness (QED) is 0.420. The zero-order valence-corrected chi connectivity index (χ0v) is 12.1. The summed E-state index contributed by atoms with van der Waals surface area (Å²) in [7, 11) is 3.01. The summed E-state index contributed by atoms with van der Waals surface area (Å²) in [5.74, 6) is 0. The molecule has 0 saturated carbocycles. The highest BCUT2D eigenvalue weighted by molar-refractivity contribution is 6.65. The Morgan fingerprint density at radius 2 is 1.24 bits per heavy atom. The highest BCUT2D eigenvalue weighted by atomic mass is 16.6. The molecule has 21 heavy (non-hydrogen) atoms. The monoisotopic (exact) mass is 274 g/mol. The maximum absolute atomic E-state index is 5.45. The molecule has 4 aromatic carbocycles. The average Bonchev–Trinajstić information content (AvgIpc) is 2.55. The van der Waals surface area contributed by atoms with E-state index in [1.807, 2.05) is 0 Å². The minimum atomic E-state index is -0.338. The Morgan fingerprint density at radius 3 is 1.90 bits per heavy atom. The van der Waals surface area contributed by atoms with Crippen molar-refractivity contribution in [3.63, 3.8) is 0 Å². The molecule has 0 aromatic heterocycles. The van der Waals surface area contributed by atoms with Gasteiger partial charge in [0.15, 0.2) is 0 Å². The third kappa shape index (κ3) is 1.75. The van der Waals surface area contributed by atoms with Gasteiger partial charge in [0.25, 0.3) is 0 Å². The maximum Gasteiger partial charge on any atom is 0.494 e. The molecule has 0 unspecified atom stereocenters. The van der Waals surface area contributed by atoms with Crippen molar-refractivity contribution < 1.29 is 9.31 Å². The van der Waals surface area contributed by atoms with Crippen LogP contribution in [0.2, 0.25) is 0 Å². The number of rotatable bonds is 3. The van der Waals surface area contributed by atoms with Crippen molar-refractivity contribution >= 4 is 44.9 Å². The molecule has 0 saturated heterocycles. The molecule has 3 heteroatoms. The molecule has 2 nitrogen and oxygen atoms in total. The third-order valence-electron chi connectivity index (χ3n) is 4.24. The van der Waals surface area contributed by atoms with Crippen LogP contribution < -0.4 is 5.46 Å². The smallest absolute Gasteiger partial charge is 0.410 e. The van der Waals surface area contributed by atoms with Crippen molar-refractivity contribution in [1.29, 1.82) is 0 Å². The van der Waals surface area contributed by atoms with Gasteiger partial charge < -0.3 is 9.31 Å². The Morgan fingerprint density at radius 1 is 0.667 bits per heavy atom. The van der Waals surface area contributed by atoms with Crippen LogP contribution in [0, 0.1) is 0 Å². The molecule has 0 aliphatic carbocycles. The molecule has 0 heterocycles. The molecule has 0 aliphatic heterocycles. The van der Waals surface area contributed by atoms with Crippen LogP contribution in [0.25, 0.3) is 32.3 Å². The fourth-order valence-corrected chi connectivity index (χ4v) is 3.31. The van der Waals surface area contributed by atoms with E-state index in [1.54, 1.807) is 14.2 Å². The highest BCUT2D eigenvalue weighted by Crippen LogP contribution is 2.33. The van der Waals surface area contributed by atoms with Crippen LogP contribution in [0.15, 0.2) is 54.6 Å². The van der Waals surface area contributed by atoms with Crippen LogP contribution in [0.4, 0.5) is 0 Å². The minimum absolute atomic E-state index is 0.338. The summed E-state index contributed by atoms with van der Waals surface area (Å²) in [6.07, 6.45) is 0. The van der Waals surface area contributed by atoms with Gasteiger partial charge in [0, 0.05) is 14.2 Å². The van der Waals surface area contributed by atoms with Gasteiger partial charge in [-0.2, -0.15) is 0 Å². The van der Waals surface area contributed by atoms with Gasteiger partial charge in [-0.3, -0.25) is 0 Å². The van der Waals surface area contributed by atoms with Gasteiger partial charge in [-0.25, -0.2) is 0 Å². The molecule has 4 aromatic rings. The van der Waals surface area contributed by atoms with E-state index >= 15 is 0 Å². The largest absolute Gasteiger partial charge is 0.494 e. The molecule has 0 fully saturated rings. The summed E-state index contributed by atoms with van der Waals surface area (Å²) in [6, 6.07) is 19.4. The first-order valence-corrected chi connectivity index (χ1v) is 7.05. The summed E-state index contributed by atoms with van der Waals surface area (Å²) >= 11 is 0. The van der Waals surface area contributed by atoms with Gasteiger partial charge in [0.2, 0.25) is 0 Å². The Balaban J connectivity index is 2.20. The zero-order valence-electron chi connectivity index (χ0n) is 12.1. The number of benzene rings is 4. The van der Waals surface area contributed by atoms with Crippen molar-refractivity contribution in [2.45, 2.75) is 0 Å². The van der Waals surface area contributed by atoms with Gasteiger partial charge in [-0.15, -0.1) is 0 Å². The molecule has 0 radical (unpaired) electrons. The standard InChI is InChI=1S/C18H15BO2/c1-20-19(21-2)16-11-9-14-7-6-12-4-3-5-13-8-10-15(16)18(14)17(12)13/h3-11H,1-2H3. The normalized spacial score (nSPS) is 11.7. The van der Waals surface area contributed by atoms with E-state index < -0.39 is 0 Å². The zero-order chi connectivity index (χ0) is 14.4. The summed E-state index contributed by atoms with van der Waals surface area (Å²) < 4.78 is 10.9. The Bertz CT molecular complexity index is 913. The number of hydrogen-bond acceptors (Lipinski definition) is 2. The fourth-order valence-electron chi connectivity index (χ4n) is 3.31. The van der Waals surface area contributed by atoms with Crippen molar-refractivity contribution in [2.75, 3.05) is 14.2 Å². The van der Waals surface area contributed by atoms with Crippen LogP contribution >= 0.6 is 0 Å². The highest BCUT2D eigenvalue weighted by Gasteiger charge is 2.22. The molecule has 0 aliphatic rings. The Hall–Kier alpha value is -2.10. The molecule has 0 amide bonds. The molecular weight excluding hydrogens is 259 g/mol. The van der Waals surface area contributed by atoms with Crippen LogP contribution in [0.5, 0.6) is 0 Å². The van der Waals surface area contributed by atoms with Gasteiger partial charge in [-0.1, -0.05) is 54.6 Å². The lowest BCUT2D eigenvalue weighted by atomic mass is 9.74. The van der Waals surface area contributed by atoms with Crippen molar-refractivity contribution in [3.8, 4) is 0 Å². The fraction of sp³-hybridized carbons (Fsp3) is 0.111. The Kier molecular flexibility index (Phi) is 2.84. The van der Waals surface area contributed by atoms with Gasteiger partial charge in [-0.05, 0) is 37.8 Å². The van der Waals surface area contributed by atoms with E-state index in [1.165, 1.54) is 32.3 Å². The molecule has 0 N–H and O–H groups in total. The number of hydrogen-bond donors (Lipinski definition) is 0. The average molecular weight is 274 g/mol. The second-order valence-corrected chi connectivity index (χ2v) is 5.31. The Labute approximate surface area is 123 Å². The van der Waals surface area contributed by atoms with Gasteiger partial charge >= 0.3 is 7.12 Å². The molecule has 102 valence electrons. The van der Waals surface area contributed by atoms with Gasteiger partial charge in [0.05, 0.1) is 0 Å². The van der Waals surface area contributed by atoms with Crippen LogP contribution in [-0.2, 0) is 9.31 Å². The first-order chi connectivity index (χ1) is 10.3. The topological polar surface area (TPSA) is 18.5 Å². The first kappa shape index (κ1) is 12.6. The molecule has 4 rings (SSSR count). The predicted molar refractivity (Wildman–Crippen MR) is 89.6 cm³/mol. The first-order valence-electron chi connectivity index (χ1n) is 7.05. The van der Waals surface area contributed by atoms with Crippen LogP contribution in [0.3, 0.4) is 0 Å². The third-order valence-corrected chi connectivity index (χ3v) is 4.24. The second-order valence-electron chi connectivity index (χ2n) is 5.31. The SMILES string of the molecule is COB(OC)c1ccc2ccc3cccc4ccc1c2c34. The lowest BCUT2D eigenvalue weighted by Gasteiger charge is -2.16. The summed E-state index contributed by atoms with van der Waals surface area (Å²) in [4.78, 5) is 0. The van der Waals surface area contributed by atoms with Crippen molar-refractivity contribution in [1.82, 2.24) is 0 Å². The summed E-state index contributed by atoms with van der Waals surface area (Å²) in [6.45, 7) is 0. The van der Waals surface area contributed by atoms with Crippen molar-refractivity contribution in [3.05, 3.63) is 54.6 Å².